The molecule has 2 aliphatic rings. The van der Waals surface area contributed by atoms with Crippen molar-refractivity contribution in [1.82, 2.24) is 15.5 Å². The smallest absolute Gasteiger partial charge is 0.426 e. The first kappa shape index (κ1) is 13.8. The van der Waals surface area contributed by atoms with Crippen LogP contribution in [0.25, 0.3) is 0 Å². The molecule has 6 nitrogen and oxygen atoms in total. The Balaban J connectivity index is 1.84. The Morgan fingerprint density at radius 3 is 3.00 bits per heavy atom. The molecule has 2 saturated heterocycles. The molecule has 4 N–H and O–H groups in total. The van der Waals surface area contributed by atoms with Gasteiger partial charge in [-0.05, 0) is 32.7 Å². The van der Waals surface area contributed by atoms with E-state index >= 15 is 0 Å². The molecule has 2 atom stereocenters. The van der Waals surface area contributed by atoms with Crippen molar-refractivity contribution < 1.29 is 14.8 Å². The monoisotopic (exact) mass is 255 g/mol. The van der Waals surface area contributed by atoms with Crippen LogP contribution >= 0.6 is 0 Å². The molecule has 2 fully saturated rings. The van der Waals surface area contributed by atoms with E-state index in [9.17, 15) is 14.8 Å². The van der Waals surface area contributed by atoms with Gasteiger partial charge in [0.25, 0.3) is 0 Å². The van der Waals surface area contributed by atoms with Crippen LogP contribution in [0.3, 0.4) is 0 Å². The third-order valence-corrected chi connectivity index (χ3v) is 4.00. The Kier molecular flexibility index (Phi) is 4.27. The predicted molar refractivity (Wildman–Crippen MR) is 68.8 cm³/mol. The van der Waals surface area contributed by atoms with E-state index in [2.05, 4.69) is 17.6 Å². The lowest BCUT2D eigenvalue weighted by molar-refractivity contribution is -0.130. The van der Waals surface area contributed by atoms with Crippen molar-refractivity contribution in [3.8, 4) is 0 Å². The van der Waals surface area contributed by atoms with Crippen LogP contribution < -0.4 is 10.6 Å². The largest absolute Gasteiger partial charge is 0.475 e. The van der Waals surface area contributed by atoms with Crippen LogP contribution in [0.4, 0.5) is 0 Å². The minimum Gasteiger partial charge on any atom is -0.426 e. The summed E-state index contributed by atoms with van der Waals surface area (Å²) >= 11 is 0. The first-order valence-corrected chi connectivity index (χ1v) is 6.63. The maximum atomic E-state index is 12.1. The van der Waals surface area contributed by atoms with Crippen molar-refractivity contribution >= 4 is 13.0 Å². The zero-order valence-corrected chi connectivity index (χ0v) is 10.9. The van der Waals surface area contributed by atoms with Crippen molar-refractivity contribution in [2.24, 2.45) is 0 Å². The van der Waals surface area contributed by atoms with E-state index in [-0.39, 0.29) is 18.0 Å². The second-order valence-electron chi connectivity index (χ2n) is 5.55. The average Bonchev–Trinajstić information content (AvgIpc) is 2.95. The topological polar surface area (TPSA) is 84.8 Å². The summed E-state index contributed by atoms with van der Waals surface area (Å²) < 4.78 is 0. The second-order valence-corrected chi connectivity index (χ2v) is 5.55. The third-order valence-electron chi connectivity index (χ3n) is 4.00. The summed E-state index contributed by atoms with van der Waals surface area (Å²) in [6, 6.07) is 0. The van der Waals surface area contributed by atoms with Crippen LogP contribution in [-0.2, 0) is 4.79 Å². The Morgan fingerprint density at radius 2 is 2.39 bits per heavy atom. The Bertz CT molecular complexity index is 308. The van der Waals surface area contributed by atoms with Gasteiger partial charge in [0.2, 0.25) is 5.91 Å². The summed E-state index contributed by atoms with van der Waals surface area (Å²) in [6.45, 7) is 4.83. The molecule has 18 heavy (non-hydrogen) atoms. The molecular formula is C11H22BN3O3. The fraction of sp³-hybridized carbons (Fsp3) is 0.909. The minimum absolute atomic E-state index is 0.0251. The molecule has 1 amide bonds. The molecule has 0 aliphatic carbocycles. The number of likely N-dealkylation sites (tertiary alicyclic amines) is 1. The van der Waals surface area contributed by atoms with Gasteiger partial charge in [-0.3, -0.25) is 4.79 Å². The zero-order valence-electron chi connectivity index (χ0n) is 10.9. The van der Waals surface area contributed by atoms with Crippen molar-refractivity contribution in [2.45, 2.75) is 37.7 Å². The molecule has 0 unspecified atom stereocenters. The van der Waals surface area contributed by atoms with E-state index in [0.717, 1.165) is 25.9 Å². The van der Waals surface area contributed by atoms with Gasteiger partial charge in [0.05, 0.1) is 12.5 Å². The van der Waals surface area contributed by atoms with Crippen LogP contribution in [-0.4, -0.2) is 65.6 Å². The van der Waals surface area contributed by atoms with Gasteiger partial charge in [0.1, 0.15) is 0 Å². The SMILES string of the molecule is C[C@@]1(NCC(=O)N2CCC[C@H]2B(O)O)CCNC1. The van der Waals surface area contributed by atoms with Gasteiger partial charge in [-0.1, -0.05) is 0 Å². The van der Waals surface area contributed by atoms with Crippen molar-refractivity contribution in [2.75, 3.05) is 26.2 Å². The number of carbonyl (C=O) groups excluding carboxylic acids is 1. The third kappa shape index (κ3) is 3.03. The van der Waals surface area contributed by atoms with Gasteiger partial charge in [-0.2, -0.15) is 0 Å². The number of amides is 1. The summed E-state index contributed by atoms with van der Waals surface area (Å²) in [5.74, 6) is -0.479. The standard InChI is InChI=1S/C11H22BN3O3/c1-11(4-5-13-8-11)14-7-10(16)15-6-2-3-9(15)12(17)18/h9,13-14,17-18H,2-8H2,1H3/t9-,11+/m0/s1. The van der Waals surface area contributed by atoms with Gasteiger partial charge >= 0.3 is 7.12 Å². The number of rotatable bonds is 4. The second kappa shape index (κ2) is 5.56. The molecule has 0 aromatic carbocycles. The summed E-state index contributed by atoms with van der Waals surface area (Å²) in [5, 5.41) is 25.0. The lowest BCUT2D eigenvalue weighted by Crippen LogP contribution is -2.52. The Labute approximate surface area is 108 Å². The van der Waals surface area contributed by atoms with Gasteiger partial charge in [0, 0.05) is 18.6 Å². The highest BCUT2D eigenvalue weighted by Gasteiger charge is 2.37. The van der Waals surface area contributed by atoms with Gasteiger partial charge in [0.15, 0.2) is 0 Å². The van der Waals surface area contributed by atoms with Crippen LogP contribution in [0.2, 0.25) is 0 Å². The summed E-state index contributed by atoms with van der Waals surface area (Å²) in [4.78, 5) is 13.7. The van der Waals surface area contributed by atoms with E-state index in [4.69, 9.17) is 0 Å². The van der Waals surface area contributed by atoms with E-state index in [0.29, 0.717) is 13.0 Å². The molecule has 2 aliphatic heterocycles. The molecule has 0 aromatic heterocycles. The Morgan fingerprint density at radius 1 is 1.61 bits per heavy atom. The minimum atomic E-state index is -1.43. The normalized spacial score (nSPS) is 31.9. The highest BCUT2D eigenvalue weighted by Crippen LogP contribution is 2.18. The highest BCUT2D eigenvalue weighted by atomic mass is 16.4. The van der Waals surface area contributed by atoms with Crippen LogP contribution in [0, 0.1) is 0 Å². The van der Waals surface area contributed by atoms with Crippen molar-refractivity contribution in [3.63, 3.8) is 0 Å². The van der Waals surface area contributed by atoms with Crippen LogP contribution in [0.15, 0.2) is 0 Å². The van der Waals surface area contributed by atoms with Crippen LogP contribution in [0.1, 0.15) is 26.2 Å². The molecule has 0 aromatic rings. The lowest BCUT2D eigenvalue weighted by atomic mass is 9.78. The zero-order chi connectivity index (χ0) is 13.2. The van der Waals surface area contributed by atoms with Gasteiger partial charge in [-0.25, -0.2) is 0 Å². The molecular weight excluding hydrogens is 233 g/mol. The lowest BCUT2D eigenvalue weighted by Gasteiger charge is -2.28. The number of hydrogen-bond donors (Lipinski definition) is 4. The highest BCUT2D eigenvalue weighted by molar-refractivity contribution is 6.43. The summed E-state index contributed by atoms with van der Waals surface area (Å²) in [5.41, 5.74) is -0.0251. The average molecular weight is 255 g/mol. The number of carbonyl (C=O) groups is 1. The maximum absolute atomic E-state index is 12.1. The Hall–Kier alpha value is -0.625. The van der Waals surface area contributed by atoms with Crippen LogP contribution in [0.5, 0.6) is 0 Å². The quantitative estimate of drug-likeness (QED) is 0.451. The predicted octanol–water partition coefficient (Wildman–Crippen LogP) is -1.67. The van der Waals surface area contributed by atoms with E-state index in [1.165, 1.54) is 0 Å². The first-order valence-electron chi connectivity index (χ1n) is 6.63. The molecule has 0 saturated carbocycles. The maximum Gasteiger partial charge on any atom is 0.475 e. The number of hydrogen-bond acceptors (Lipinski definition) is 5. The fourth-order valence-corrected chi connectivity index (χ4v) is 2.77. The summed E-state index contributed by atoms with van der Waals surface area (Å²) in [7, 11) is -1.43. The molecule has 102 valence electrons. The van der Waals surface area contributed by atoms with E-state index in [1.54, 1.807) is 4.90 Å². The number of nitrogens with one attached hydrogen (secondary N) is 2. The van der Waals surface area contributed by atoms with E-state index < -0.39 is 13.1 Å². The fourth-order valence-electron chi connectivity index (χ4n) is 2.77. The number of nitrogens with zero attached hydrogens (tertiary/aromatic N) is 1. The summed E-state index contributed by atoms with van der Waals surface area (Å²) in [6.07, 6.45) is 2.52. The molecule has 0 spiro atoms. The molecule has 2 rings (SSSR count). The van der Waals surface area contributed by atoms with Crippen molar-refractivity contribution in [1.29, 1.82) is 0 Å². The van der Waals surface area contributed by atoms with Gasteiger partial charge in [-0.15, -0.1) is 0 Å². The molecule has 2 heterocycles. The van der Waals surface area contributed by atoms with E-state index in [1.807, 2.05) is 0 Å². The van der Waals surface area contributed by atoms with Crippen molar-refractivity contribution in [3.05, 3.63) is 0 Å². The first-order chi connectivity index (χ1) is 8.52. The molecule has 0 radical (unpaired) electrons. The molecule has 7 heteroatoms. The molecule has 0 bridgehead atoms. The van der Waals surface area contributed by atoms with Gasteiger partial charge < -0.3 is 25.6 Å².